The van der Waals surface area contributed by atoms with Crippen molar-refractivity contribution < 1.29 is 8.42 Å². The molecule has 2 nitrogen and oxygen atoms in total. The van der Waals surface area contributed by atoms with E-state index in [2.05, 4.69) is 54.6 Å². The molecule has 0 amide bonds. The van der Waals surface area contributed by atoms with Crippen molar-refractivity contribution in [1.82, 2.24) is 0 Å². The largest absolute Gasteiger partial charge is 0.228 e. The Balaban J connectivity index is 1.69. The van der Waals surface area contributed by atoms with Crippen molar-refractivity contribution in [1.29, 1.82) is 0 Å². The van der Waals surface area contributed by atoms with Gasteiger partial charge in [0.2, 0.25) is 0 Å². The van der Waals surface area contributed by atoms with Crippen LogP contribution in [0.1, 0.15) is 42.7 Å². The van der Waals surface area contributed by atoms with Gasteiger partial charge < -0.3 is 0 Å². The lowest BCUT2D eigenvalue weighted by Gasteiger charge is -2.35. The van der Waals surface area contributed by atoms with E-state index in [1.54, 1.807) is 0 Å². The van der Waals surface area contributed by atoms with Crippen molar-refractivity contribution in [2.75, 3.05) is 0 Å². The lowest BCUT2D eigenvalue weighted by molar-refractivity contribution is 0.505. The molecule has 1 aliphatic carbocycles. The molecule has 2 aromatic rings. The van der Waals surface area contributed by atoms with Crippen LogP contribution in [0.25, 0.3) is 11.1 Å². The standard InChI is InChI=1S/C21H20O2S/c22-24(23)15-6-5-7-16(24)13-14(12-15)21-19-10-3-1-8-17(19)18-9-2-4-11-20(18)21/h1-4,8-12,15-16,21H,5-7,13H2. The number of rotatable bonds is 1. The number of sulfone groups is 1. The van der Waals surface area contributed by atoms with Gasteiger partial charge in [0, 0.05) is 5.92 Å². The molecular weight excluding hydrogens is 316 g/mol. The van der Waals surface area contributed by atoms with Crippen LogP contribution in [0.5, 0.6) is 0 Å². The van der Waals surface area contributed by atoms with Crippen LogP contribution in [-0.4, -0.2) is 18.9 Å². The van der Waals surface area contributed by atoms with Crippen molar-refractivity contribution >= 4 is 9.84 Å². The fourth-order valence-corrected chi connectivity index (χ4v) is 7.13. The summed E-state index contributed by atoms with van der Waals surface area (Å²) in [5, 5.41) is -0.434. The van der Waals surface area contributed by atoms with Crippen LogP contribution < -0.4 is 0 Å². The summed E-state index contributed by atoms with van der Waals surface area (Å²) in [5.74, 6) is 0.232. The number of benzene rings is 2. The van der Waals surface area contributed by atoms with E-state index in [4.69, 9.17) is 0 Å². The maximum absolute atomic E-state index is 12.6. The summed E-state index contributed by atoms with van der Waals surface area (Å²) in [6.45, 7) is 0. The zero-order chi connectivity index (χ0) is 16.3. The highest BCUT2D eigenvalue weighted by Gasteiger charge is 2.43. The first kappa shape index (κ1) is 14.5. The molecule has 24 heavy (non-hydrogen) atoms. The van der Waals surface area contributed by atoms with Gasteiger partial charge in [-0.25, -0.2) is 8.42 Å². The lowest BCUT2D eigenvalue weighted by Crippen LogP contribution is -2.39. The molecule has 3 heteroatoms. The molecular formula is C21H20O2S. The molecule has 2 aliphatic heterocycles. The summed E-state index contributed by atoms with van der Waals surface area (Å²) in [6, 6.07) is 17.2. The third kappa shape index (κ3) is 1.91. The van der Waals surface area contributed by atoms with Crippen LogP contribution in [0.3, 0.4) is 0 Å². The van der Waals surface area contributed by atoms with Gasteiger partial charge in [-0.15, -0.1) is 0 Å². The summed E-state index contributed by atoms with van der Waals surface area (Å²) in [6.07, 6.45) is 5.45. The van der Waals surface area contributed by atoms with Crippen molar-refractivity contribution in [2.45, 2.75) is 42.1 Å². The highest BCUT2D eigenvalue weighted by atomic mass is 32.2. The Kier molecular flexibility index (Phi) is 3.05. The molecule has 0 saturated carbocycles. The van der Waals surface area contributed by atoms with Crippen LogP contribution in [0, 0.1) is 0 Å². The van der Waals surface area contributed by atoms with Gasteiger partial charge in [-0.1, -0.05) is 66.6 Å². The minimum atomic E-state index is -2.96. The summed E-state index contributed by atoms with van der Waals surface area (Å²) >= 11 is 0. The normalized spacial score (nSPS) is 27.2. The Morgan fingerprint density at radius 3 is 2.08 bits per heavy atom. The molecule has 0 N–H and O–H groups in total. The Morgan fingerprint density at radius 2 is 1.46 bits per heavy atom. The Morgan fingerprint density at radius 1 is 0.833 bits per heavy atom. The van der Waals surface area contributed by atoms with Gasteiger partial charge in [0.15, 0.2) is 9.84 Å². The molecule has 2 unspecified atom stereocenters. The summed E-state index contributed by atoms with van der Waals surface area (Å²) < 4.78 is 25.2. The molecule has 0 aromatic heterocycles. The van der Waals surface area contributed by atoms with Gasteiger partial charge in [-0.3, -0.25) is 0 Å². The van der Waals surface area contributed by atoms with Gasteiger partial charge >= 0.3 is 0 Å². The van der Waals surface area contributed by atoms with E-state index in [0.29, 0.717) is 6.42 Å². The summed E-state index contributed by atoms with van der Waals surface area (Å²) in [7, 11) is -2.96. The zero-order valence-electron chi connectivity index (χ0n) is 13.5. The lowest BCUT2D eigenvalue weighted by atomic mass is 9.83. The van der Waals surface area contributed by atoms with E-state index in [1.165, 1.54) is 27.8 Å². The predicted molar refractivity (Wildman–Crippen MR) is 96.8 cm³/mol. The van der Waals surface area contributed by atoms with Crippen LogP contribution >= 0.6 is 0 Å². The molecule has 2 aromatic carbocycles. The number of fused-ring (bicyclic) bond motifs is 5. The van der Waals surface area contributed by atoms with E-state index >= 15 is 0 Å². The van der Waals surface area contributed by atoms with Crippen LogP contribution in [0.4, 0.5) is 0 Å². The van der Waals surface area contributed by atoms with E-state index in [-0.39, 0.29) is 16.4 Å². The smallest absolute Gasteiger partial charge is 0.159 e. The Labute approximate surface area is 143 Å². The molecule has 2 bridgehead atoms. The fraction of sp³-hybridized carbons (Fsp3) is 0.333. The minimum Gasteiger partial charge on any atom is -0.228 e. The predicted octanol–water partition coefficient (Wildman–Crippen LogP) is 4.46. The number of hydrogen-bond acceptors (Lipinski definition) is 2. The second kappa shape index (κ2) is 5.06. The van der Waals surface area contributed by atoms with Crippen LogP contribution in [0.15, 0.2) is 60.2 Å². The third-order valence-electron chi connectivity index (χ3n) is 5.97. The molecule has 5 rings (SSSR count). The van der Waals surface area contributed by atoms with Crippen molar-refractivity contribution in [2.24, 2.45) is 0 Å². The van der Waals surface area contributed by atoms with Gasteiger partial charge in [-0.05, 0) is 41.5 Å². The molecule has 3 aliphatic rings. The first-order valence-electron chi connectivity index (χ1n) is 8.78. The molecule has 0 spiro atoms. The van der Waals surface area contributed by atoms with E-state index < -0.39 is 9.84 Å². The Hall–Kier alpha value is -1.87. The number of allylic oxidation sites excluding steroid dienone is 1. The van der Waals surface area contributed by atoms with Gasteiger partial charge in [0.05, 0.1) is 10.5 Å². The second-order valence-corrected chi connectivity index (χ2v) is 9.68. The van der Waals surface area contributed by atoms with Crippen LogP contribution in [-0.2, 0) is 9.84 Å². The van der Waals surface area contributed by atoms with Gasteiger partial charge in [-0.2, -0.15) is 0 Å². The van der Waals surface area contributed by atoms with Crippen molar-refractivity contribution in [3.05, 3.63) is 71.3 Å². The minimum absolute atomic E-state index is 0.170. The highest BCUT2D eigenvalue weighted by molar-refractivity contribution is 7.92. The first-order valence-corrected chi connectivity index (χ1v) is 10.4. The van der Waals surface area contributed by atoms with E-state index in [9.17, 15) is 8.42 Å². The van der Waals surface area contributed by atoms with Gasteiger partial charge in [0.25, 0.3) is 0 Å². The molecule has 0 radical (unpaired) electrons. The quantitative estimate of drug-likeness (QED) is 0.720. The van der Waals surface area contributed by atoms with Gasteiger partial charge in [0.1, 0.15) is 0 Å². The van der Waals surface area contributed by atoms with Crippen molar-refractivity contribution in [3.63, 3.8) is 0 Å². The maximum Gasteiger partial charge on any atom is 0.159 e. The van der Waals surface area contributed by atoms with E-state index in [1.807, 2.05) is 0 Å². The third-order valence-corrected chi connectivity index (χ3v) is 8.52. The monoisotopic (exact) mass is 336 g/mol. The van der Waals surface area contributed by atoms with Crippen LogP contribution in [0.2, 0.25) is 0 Å². The zero-order valence-corrected chi connectivity index (χ0v) is 14.3. The summed E-state index contributed by atoms with van der Waals surface area (Å²) in [4.78, 5) is 0. The summed E-state index contributed by atoms with van der Waals surface area (Å²) in [5.41, 5.74) is 6.59. The highest BCUT2D eigenvalue weighted by Crippen LogP contribution is 2.51. The SMILES string of the molecule is O=S1(=O)C2C=C(C3c4ccccc4-c4ccccc43)CC1CCC2. The molecule has 122 valence electrons. The average Bonchev–Trinajstić information content (AvgIpc) is 2.89. The molecule has 2 atom stereocenters. The Bertz CT molecular complexity index is 910. The molecule has 1 saturated heterocycles. The molecule has 1 fully saturated rings. The van der Waals surface area contributed by atoms with E-state index in [0.717, 1.165) is 19.3 Å². The average molecular weight is 336 g/mol. The first-order chi connectivity index (χ1) is 11.7. The maximum atomic E-state index is 12.6. The van der Waals surface area contributed by atoms with Crippen molar-refractivity contribution in [3.8, 4) is 11.1 Å². The molecule has 2 heterocycles. The fourth-order valence-electron chi connectivity index (χ4n) is 4.86. The second-order valence-electron chi connectivity index (χ2n) is 7.23. The topological polar surface area (TPSA) is 34.1 Å². The number of hydrogen-bond donors (Lipinski definition) is 0.